The van der Waals surface area contributed by atoms with Gasteiger partial charge in [-0.2, -0.15) is 0 Å². The Labute approximate surface area is 62.5 Å². The van der Waals surface area contributed by atoms with Crippen LogP contribution in [-0.2, 0) is 4.79 Å². The van der Waals surface area contributed by atoms with Crippen LogP contribution >= 0.6 is 0 Å². The molecule has 0 saturated carbocycles. The van der Waals surface area contributed by atoms with Gasteiger partial charge in [0.05, 0.1) is 18.3 Å². The molecule has 60 valence electrons. The first-order valence-corrected chi connectivity index (χ1v) is 3.03. The fourth-order valence-corrected chi connectivity index (χ4v) is 0.812. The largest absolute Gasteiger partial charge is 0.515 e. The highest BCUT2D eigenvalue weighted by Gasteiger charge is 2.31. The van der Waals surface area contributed by atoms with Gasteiger partial charge in [-0.1, -0.05) is 0 Å². The van der Waals surface area contributed by atoms with Crippen LogP contribution in [0.3, 0.4) is 0 Å². The molecule has 4 heteroatoms. The van der Waals surface area contributed by atoms with E-state index in [2.05, 4.69) is 0 Å². The minimum atomic E-state index is -2.55. The molecule has 0 amide bonds. The third kappa shape index (κ3) is 1.65. The van der Waals surface area contributed by atoms with E-state index in [9.17, 15) is 9.18 Å². The van der Waals surface area contributed by atoms with E-state index >= 15 is 0 Å². The summed E-state index contributed by atoms with van der Waals surface area (Å²) in [7, 11) is 0. The summed E-state index contributed by atoms with van der Waals surface area (Å²) in [5, 5.41) is 17.1. The lowest BCUT2D eigenvalue weighted by atomic mass is 9.98. The fourth-order valence-electron chi connectivity index (χ4n) is 0.812. The van der Waals surface area contributed by atoms with E-state index in [1.807, 2.05) is 0 Å². The zero-order valence-corrected chi connectivity index (χ0v) is 5.62. The van der Waals surface area contributed by atoms with E-state index in [1.54, 1.807) is 0 Å². The molecule has 1 atom stereocenters. The summed E-state index contributed by atoms with van der Waals surface area (Å²) in [5.74, 6) is -3.16. The Morgan fingerprint density at radius 3 is 2.82 bits per heavy atom. The SMILES string of the molecule is O=C1CC(O)(F)C=C/C1=C\O. The lowest BCUT2D eigenvalue weighted by Crippen LogP contribution is -2.27. The topological polar surface area (TPSA) is 57.5 Å². The van der Waals surface area contributed by atoms with Gasteiger partial charge in [0.2, 0.25) is 5.85 Å². The van der Waals surface area contributed by atoms with Crippen LogP contribution < -0.4 is 0 Å². The van der Waals surface area contributed by atoms with Gasteiger partial charge in [0, 0.05) is 0 Å². The predicted molar refractivity (Wildman–Crippen MR) is 35.5 cm³/mol. The van der Waals surface area contributed by atoms with Gasteiger partial charge in [-0.15, -0.1) is 0 Å². The van der Waals surface area contributed by atoms with E-state index in [4.69, 9.17) is 10.2 Å². The molecule has 0 aromatic rings. The highest BCUT2D eigenvalue weighted by Crippen LogP contribution is 2.23. The Morgan fingerprint density at radius 1 is 1.73 bits per heavy atom. The molecule has 0 aliphatic heterocycles. The average Bonchev–Trinajstić information content (AvgIpc) is 1.86. The van der Waals surface area contributed by atoms with Crippen molar-refractivity contribution >= 4 is 5.78 Å². The molecule has 0 aromatic heterocycles. The highest BCUT2D eigenvalue weighted by atomic mass is 19.2. The minimum Gasteiger partial charge on any atom is -0.515 e. The quantitative estimate of drug-likeness (QED) is 0.401. The van der Waals surface area contributed by atoms with Gasteiger partial charge >= 0.3 is 0 Å². The monoisotopic (exact) mass is 158 g/mol. The molecule has 11 heavy (non-hydrogen) atoms. The van der Waals surface area contributed by atoms with E-state index in [1.165, 1.54) is 0 Å². The molecular weight excluding hydrogens is 151 g/mol. The van der Waals surface area contributed by atoms with Gasteiger partial charge in [0.1, 0.15) is 0 Å². The summed E-state index contributed by atoms with van der Waals surface area (Å²) in [6, 6.07) is 0. The predicted octanol–water partition coefficient (Wildman–Crippen LogP) is 0.615. The van der Waals surface area contributed by atoms with Crippen LogP contribution in [0.15, 0.2) is 24.0 Å². The van der Waals surface area contributed by atoms with E-state index < -0.39 is 18.1 Å². The Morgan fingerprint density at radius 2 is 2.36 bits per heavy atom. The van der Waals surface area contributed by atoms with Crippen LogP contribution in [0, 0.1) is 0 Å². The summed E-state index contributed by atoms with van der Waals surface area (Å²) in [5.41, 5.74) is 0.00678. The molecule has 0 fully saturated rings. The normalized spacial score (nSPS) is 34.7. The van der Waals surface area contributed by atoms with E-state index in [-0.39, 0.29) is 5.57 Å². The number of alkyl halides is 1. The molecule has 0 bridgehead atoms. The maximum Gasteiger partial charge on any atom is 0.233 e. The van der Waals surface area contributed by atoms with E-state index in [0.29, 0.717) is 6.26 Å². The second-order valence-electron chi connectivity index (χ2n) is 2.34. The van der Waals surface area contributed by atoms with Gasteiger partial charge in [-0.25, -0.2) is 4.39 Å². The molecule has 0 spiro atoms. The smallest absolute Gasteiger partial charge is 0.233 e. The molecule has 0 heterocycles. The van der Waals surface area contributed by atoms with Gasteiger partial charge < -0.3 is 10.2 Å². The number of ketones is 1. The third-order valence-corrected chi connectivity index (χ3v) is 1.39. The Balaban J connectivity index is 2.93. The number of rotatable bonds is 0. The average molecular weight is 158 g/mol. The molecular formula is C7H7FO3. The number of halogens is 1. The molecule has 0 saturated heterocycles. The van der Waals surface area contributed by atoms with Crippen molar-refractivity contribution in [2.45, 2.75) is 12.3 Å². The first kappa shape index (κ1) is 7.94. The van der Waals surface area contributed by atoms with Crippen LogP contribution in [0.5, 0.6) is 0 Å². The van der Waals surface area contributed by atoms with Crippen LogP contribution in [0.2, 0.25) is 0 Å². The lowest BCUT2D eigenvalue weighted by Gasteiger charge is -2.17. The number of hydrogen-bond acceptors (Lipinski definition) is 3. The van der Waals surface area contributed by atoms with Gasteiger partial charge in [0.15, 0.2) is 5.78 Å². The summed E-state index contributed by atoms with van der Waals surface area (Å²) in [6.45, 7) is 0. The zero-order valence-electron chi connectivity index (χ0n) is 5.62. The Hall–Kier alpha value is -1.16. The van der Waals surface area contributed by atoms with Crippen molar-refractivity contribution in [1.29, 1.82) is 0 Å². The van der Waals surface area contributed by atoms with Crippen molar-refractivity contribution in [2.24, 2.45) is 0 Å². The summed E-state index contributed by atoms with van der Waals surface area (Å²) in [6.07, 6.45) is 1.84. The zero-order chi connectivity index (χ0) is 8.48. The van der Waals surface area contributed by atoms with E-state index in [0.717, 1.165) is 12.2 Å². The second-order valence-corrected chi connectivity index (χ2v) is 2.34. The lowest BCUT2D eigenvalue weighted by molar-refractivity contribution is -0.126. The van der Waals surface area contributed by atoms with Crippen LogP contribution in [-0.4, -0.2) is 21.9 Å². The summed E-state index contributed by atoms with van der Waals surface area (Å²) in [4.78, 5) is 10.8. The first-order chi connectivity index (χ1) is 5.05. The molecule has 1 rings (SSSR count). The molecule has 1 aliphatic carbocycles. The number of carbonyl (C=O) groups is 1. The first-order valence-electron chi connectivity index (χ1n) is 3.03. The van der Waals surface area contributed by atoms with Gasteiger partial charge in [-0.3, -0.25) is 4.79 Å². The number of allylic oxidation sites excluding steroid dienone is 2. The molecule has 0 radical (unpaired) electrons. The number of hydrogen-bond donors (Lipinski definition) is 2. The van der Waals surface area contributed by atoms with Crippen molar-refractivity contribution < 1.29 is 19.4 Å². The summed E-state index contributed by atoms with van der Waals surface area (Å²) < 4.78 is 12.6. The van der Waals surface area contributed by atoms with Crippen LogP contribution in [0.25, 0.3) is 0 Å². The maximum atomic E-state index is 12.6. The van der Waals surface area contributed by atoms with Crippen molar-refractivity contribution in [3.63, 3.8) is 0 Å². The molecule has 3 nitrogen and oxygen atoms in total. The van der Waals surface area contributed by atoms with Crippen molar-refractivity contribution in [1.82, 2.24) is 0 Å². The fraction of sp³-hybridized carbons (Fsp3) is 0.286. The second kappa shape index (κ2) is 2.47. The van der Waals surface area contributed by atoms with Crippen molar-refractivity contribution in [3.05, 3.63) is 24.0 Å². The van der Waals surface area contributed by atoms with Crippen molar-refractivity contribution in [2.75, 3.05) is 0 Å². The number of Topliss-reactive ketones (excluding diaryl/α,β-unsaturated/α-hetero) is 1. The van der Waals surface area contributed by atoms with Gasteiger partial charge in [0.25, 0.3) is 0 Å². The minimum absolute atomic E-state index is 0.00678. The highest BCUT2D eigenvalue weighted by molar-refractivity contribution is 5.99. The molecule has 2 N–H and O–H groups in total. The molecule has 1 unspecified atom stereocenters. The Bertz CT molecular complexity index is 240. The number of aliphatic hydroxyl groups is 2. The molecule has 1 aliphatic rings. The maximum absolute atomic E-state index is 12.6. The third-order valence-electron chi connectivity index (χ3n) is 1.39. The summed E-state index contributed by atoms with van der Waals surface area (Å²) >= 11 is 0. The van der Waals surface area contributed by atoms with Crippen LogP contribution in [0.4, 0.5) is 4.39 Å². The van der Waals surface area contributed by atoms with Crippen LogP contribution in [0.1, 0.15) is 6.42 Å². The Kier molecular flexibility index (Phi) is 1.78. The standard InChI is InChI=1S/C7H7FO3/c8-7(11)2-1-5(4-9)6(10)3-7/h1-2,4,9,11H,3H2/b5-4+. The molecule has 0 aromatic carbocycles. The number of aliphatic hydroxyl groups excluding tert-OH is 1. The number of carbonyl (C=O) groups excluding carboxylic acids is 1. The van der Waals surface area contributed by atoms with Crippen molar-refractivity contribution in [3.8, 4) is 0 Å². The van der Waals surface area contributed by atoms with Gasteiger partial charge in [-0.05, 0) is 12.2 Å².